The maximum atomic E-state index is 13.3. The fraction of sp³-hybridized carbons (Fsp3) is 0.368. The topological polar surface area (TPSA) is 75.0 Å². The molecule has 1 aliphatic rings. The number of piperazine rings is 1. The fourth-order valence-electron chi connectivity index (χ4n) is 3.15. The molecule has 0 unspecified atom stereocenters. The van der Waals surface area contributed by atoms with Crippen LogP contribution in [0.2, 0.25) is 0 Å². The molecule has 1 fully saturated rings. The number of carbonyl (C=O) groups excluding carboxylic acids is 1. The van der Waals surface area contributed by atoms with Gasteiger partial charge in [0.25, 0.3) is 5.56 Å². The van der Waals surface area contributed by atoms with E-state index in [2.05, 4.69) is 0 Å². The third kappa shape index (κ3) is 4.30. The molecule has 1 aromatic heterocycles. The largest absolute Gasteiger partial charge is 0.503 e. The van der Waals surface area contributed by atoms with Gasteiger partial charge in [0.05, 0.1) is 13.7 Å². The molecule has 0 aliphatic carbocycles. The van der Waals surface area contributed by atoms with E-state index >= 15 is 0 Å². The van der Waals surface area contributed by atoms with Crippen LogP contribution in [0, 0.1) is 11.6 Å². The van der Waals surface area contributed by atoms with Gasteiger partial charge in [0.1, 0.15) is 0 Å². The van der Waals surface area contributed by atoms with Gasteiger partial charge < -0.3 is 19.3 Å². The van der Waals surface area contributed by atoms with E-state index in [9.17, 15) is 23.5 Å². The monoisotopic (exact) mass is 393 g/mol. The molecule has 150 valence electrons. The SMILES string of the molecule is COC(=O)N1CCN(Cc2ccn(Cc3ccc(F)c(F)c3)c(=O)c2O)CC1. The first-order valence-corrected chi connectivity index (χ1v) is 8.79. The highest BCUT2D eigenvalue weighted by atomic mass is 19.2. The van der Waals surface area contributed by atoms with Gasteiger partial charge in [-0.2, -0.15) is 0 Å². The van der Waals surface area contributed by atoms with Gasteiger partial charge in [-0.05, 0) is 23.8 Å². The Bertz CT molecular complexity index is 924. The van der Waals surface area contributed by atoms with Gasteiger partial charge in [0.15, 0.2) is 17.4 Å². The molecule has 1 amide bonds. The lowest BCUT2D eigenvalue weighted by Gasteiger charge is -2.33. The fourth-order valence-corrected chi connectivity index (χ4v) is 3.15. The second-order valence-corrected chi connectivity index (χ2v) is 6.60. The number of hydrogen-bond donors (Lipinski definition) is 1. The summed E-state index contributed by atoms with van der Waals surface area (Å²) in [4.78, 5) is 27.6. The number of nitrogens with zero attached hydrogens (tertiary/aromatic N) is 3. The molecule has 0 bridgehead atoms. The van der Waals surface area contributed by atoms with Gasteiger partial charge in [-0.1, -0.05) is 6.07 Å². The molecule has 1 aromatic carbocycles. The van der Waals surface area contributed by atoms with Crippen LogP contribution in [-0.2, 0) is 17.8 Å². The number of ether oxygens (including phenoxy) is 1. The van der Waals surface area contributed by atoms with Crippen molar-refractivity contribution in [3.05, 3.63) is 63.6 Å². The van der Waals surface area contributed by atoms with Gasteiger partial charge in [-0.3, -0.25) is 9.69 Å². The first kappa shape index (κ1) is 19.8. The lowest BCUT2D eigenvalue weighted by Crippen LogP contribution is -2.48. The van der Waals surface area contributed by atoms with Crippen molar-refractivity contribution in [1.82, 2.24) is 14.4 Å². The minimum Gasteiger partial charge on any atom is -0.503 e. The van der Waals surface area contributed by atoms with Crippen LogP contribution >= 0.6 is 0 Å². The van der Waals surface area contributed by atoms with E-state index in [-0.39, 0.29) is 18.4 Å². The summed E-state index contributed by atoms with van der Waals surface area (Å²) in [6.45, 7) is 2.56. The molecule has 1 aliphatic heterocycles. The number of aromatic hydroxyl groups is 1. The lowest BCUT2D eigenvalue weighted by molar-refractivity contribution is 0.0885. The molecule has 28 heavy (non-hydrogen) atoms. The van der Waals surface area contributed by atoms with E-state index in [4.69, 9.17) is 4.74 Å². The zero-order valence-electron chi connectivity index (χ0n) is 15.4. The van der Waals surface area contributed by atoms with Crippen molar-refractivity contribution in [2.45, 2.75) is 13.1 Å². The van der Waals surface area contributed by atoms with Crippen LogP contribution in [0.4, 0.5) is 13.6 Å². The third-order valence-electron chi connectivity index (χ3n) is 4.76. The molecule has 1 N–H and O–H groups in total. The average Bonchev–Trinajstić information content (AvgIpc) is 2.70. The predicted molar refractivity (Wildman–Crippen MR) is 97.1 cm³/mol. The molecule has 0 radical (unpaired) electrons. The van der Waals surface area contributed by atoms with Gasteiger partial charge in [-0.25, -0.2) is 13.6 Å². The third-order valence-corrected chi connectivity index (χ3v) is 4.76. The first-order valence-electron chi connectivity index (χ1n) is 8.79. The van der Waals surface area contributed by atoms with Crippen LogP contribution in [0.25, 0.3) is 0 Å². The summed E-state index contributed by atoms with van der Waals surface area (Å²) >= 11 is 0. The number of hydrogen-bond acceptors (Lipinski definition) is 5. The zero-order chi connectivity index (χ0) is 20.3. The Balaban J connectivity index is 1.68. The summed E-state index contributed by atoms with van der Waals surface area (Å²) in [5, 5.41) is 10.3. The summed E-state index contributed by atoms with van der Waals surface area (Å²) in [6, 6.07) is 5.03. The van der Waals surface area contributed by atoms with Crippen molar-refractivity contribution in [2.24, 2.45) is 0 Å². The number of halogens is 2. The molecule has 0 saturated carbocycles. The Morgan fingerprint density at radius 1 is 1.11 bits per heavy atom. The predicted octanol–water partition coefficient (Wildman–Crippen LogP) is 1.76. The number of rotatable bonds is 4. The summed E-state index contributed by atoms with van der Waals surface area (Å²) in [6.07, 6.45) is 1.14. The summed E-state index contributed by atoms with van der Waals surface area (Å²) < 4.78 is 32.3. The number of methoxy groups -OCH3 is 1. The number of pyridine rings is 1. The van der Waals surface area contributed by atoms with Gasteiger partial charge in [0.2, 0.25) is 0 Å². The Morgan fingerprint density at radius 3 is 2.46 bits per heavy atom. The minimum absolute atomic E-state index is 0.0156. The van der Waals surface area contributed by atoms with Crippen LogP contribution in [-0.4, -0.2) is 58.9 Å². The highest BCUT2D eigenvalue weighted by Crippen LogP contribution is 2.16. The van der Waals surface area contributed by atoms with Crippen LogP contribution in [0.1, 0.15) is 11.1 Å². The smallest absolute Gasteiger partial charge is 0.409 e. The molecule has 2 heterocycles. The molecule has 1 saturated heterocycles. The molecule has 3 rings (SSSR count). The van der Waals surface area contributed by atoms with Gasteiger partial charge in [-0.15, -0.1) is 0 Å². The van der Waals surface area contributed by atoms with Crippen molar-refractivity contribution >= 4 is 6.09 Å². The van der Waals surface area contributed by atoms with Gasteiger partial charge >= 0.3 is 6.09 Å². The summed E-state index contributed by atoms with van der Waals surface area (Å²) in [5.74, 6) is -2.32. The molecule has 7 nitrogen and oxygen atoms in total. The minimum atomic E-state index is -0.988. The summed E-state index contributed by atoms with van der Waals surface area (Å²) in [5.41, 5.74) is 0.278. The van der Waals surface area contributed by atoms with Crippen LogP contribution < -0.4 is 5.56 Å². The highest BCUT2D eigenvalue weighted by Gasteiger charge is 2.22. The number of benzene rings is 1. The maximum absolute atomic E-state index is 13.3. The number of amides is 1. The second kappa shape index (κ2) is 8.39. The number of carbonyl (C=O) groups is 1. The standard InChI is InChI=1S/C19H21F2N3O4/c1-28-19(27)23-8-6-22(7-9-23)12-14-4-5-24(18(26)17(14)25)11-13-2-3-15(20)16(21)10-13/h2-5,10,25H,6-9,11-12H2,1H3. The molecule has 0 spiro atoms. The van der Waals surface area contributed by atoms with Crippen molar-refractivity contribution in [2.75, 3.05) is 33.3 Å². The second-order valence-electron chi connectivity index (χ2n) is 6.60. The molecular weight excluding hydrogens is 372 g/mol. The van der Waals surface area contributed by atoms with E-state index in [1.807, 2.05) is 4.90 Å². The Kier molecular flexibility index (Phi) is 5.93. The van der Waals surface area contributed by atoms with Crippen molar-refractivity contribution in [3.63, 3.8) is 0 Å². The Hall–Kier alpha value is -2.94. The molecule has 2 aromatic rings. The Labute approximate surface area is 160 Å². The van der Waals surface area contributed by atoms with E-state index < -0.39 is 17.2 Å². The van der Waals surface area contributed by atoms with E-state index in [1.54, 1.807) is 11.0 Å². The van der Waals surface area contributed by atoms with E-state index in [0.29, 0.717) is 43.9 Å². The highest BCUT2D eigenvalue weighted by molar-refractivity contribution is 5.67. The van der Waals surface area contributed by atoms with Crippen molar-refractivity contribution in [1.29, 1.82) is 0 Å². The quantitative estimate of drug-likeness (QED) is 0.857. The van der Waals surface area contributed by atoms with E-state index in [0.717, 1.165) is 12.1 Å². The maximum Gasteiger partial charge on any atom is 0.409 e. The van der Waals surface area contributed by atoms with Crippen LogP contribution in [0.3, 0.4) is 0 Å². The van der Waals surface area contributed by atoms with Gasteiger partial charge in [0, 0.05) is 44.5 Å². The Morgan fingerprint density at radius 2 is 1.82 bits per heavy atom. The van der Waals surface area contributed by atoms with Crippen LogP contribution in [0.15, 0.2) is 35.3 Å². The zero-order valence-corrected chi connectivity index (χ0v) is 15.4. The lowest BCUT2D eigenvalue weighted by atomic mass is 10.2. The van der Waals surface area contributed by atoms with Crippen LogP contribution in [0.5, 0.6) is 5.75 Å². The average molecular weight is 393 g/mol. The molecule has 9 heteroatoms. The van der Waals surface area contributed by atoms with Crippen molar-refractivity contribution in [3.8, 4) is 5.75 Å². The number of aromatic nitrogens is 1. The normalized spacial score (nSPS) is 14.9. The molecule has 0 atom stereocenters. The van der Waals surface area contributed by atoms with Crippen molar-refractivity contribution < 1.29 is 23.4 Å². The van der Waals surface area contributed by atoms with E-state index in [1.165, 1.54) is 23.9 Å². The molecular formula is C19H21F2N3O4. The first-order chi connectivity index (χ1) is 13.4. The summed E-state index contributed by atoms with van der Waals surface area (Å²) in [7, 11) is 1.34.